The Bertz CT molecular complexity index is 1420. The fourth-order valence-electron chi connectivity index (χ4n) is 4.05. The molecule has 0 unspecified atom stereocenters. The van der Waals surface area contributed by atoms with Gasteiger partial charge in [-0.15, -0.1) is 11.3 Å². The van der Waals surface area contributed by atoms with Crippen molar-refractivity contribution >= 4 is 35.1 Å². The Hall–Kier alpha value is -4.03. The summed E-state index contributed by atoms with van der Waals surface area (Å²) in [5.74, 6) is -2.07. The summed E-state index contributed by atoms with van der Waals surface area (Å²) in [7, 11) is 0. The van der Waals surface area contributed by atoms with Crippen LogP contribution in [0.5, 0.6) is 0 Å². The molecule has 0 saturated carbocycles. The number of carbonyl (C=O) groups excluding carboxylic acids is 3. The number of thiophene rings is 1. The van der Waals surface area contributed by atoms with Crippen LogP contribution in [0.4, 0.5) is 4.39 Å². The van der Waals surface area contributed by atoms with Gasteiger partial charge >= 0.3 is 11.9 Å². The maximum Gasteiger partial charge on any atom is 0.348 e. The van der Waals surface area contributed by atoms with Crippen molar-refractivity contribution in [3.05, 3.63) is 79.6 Å². The highest BCUT2D eigenvalue weighted by molar-refractivity contribution is 7.14. The normalized spacial score (nSPS) is 11.2. The molecule has 0 aliphatic heterocycles. The van der Waals surface area contributed by atoms with Gasteiger partial charge in [0.25, 0.3) is 0 Å². The molecule has 0 radical (unpaired) electrons. The first kappa shape index (κ1) is 27.6. The summed E-state index contributed by atoms with van der Waals surface area (Å²) in [6.07, 6.45) is 1.25. The number of Topliss-reactive ketones (excluding diaryl/α,β-unsaturated/α-hetero) is 1. The van der Waals surface area contributed by atoms with E-state index in [9.17, 15) is 24.0 Å². The highest BCUT2D eigenvalue weighted by Gasteiger charge is 2.28. The van der Waals surface area contributed by atoms with Crippen molar-refractivity contribution in [3.8, 4) is 11.8 Å². The van der Waals surface area contributed by atoms with Crippen LogP contribution < -0.4 is 0 Å². The Morgan fingerprint density at radius 2 is 1.68 bits per heavy atom. The molecule has 0 spiro atoms. The van der Waals surface area contributed by atoms with Crippen molar-refractivity contribution in [2.45, 2.75) is 41.0 Å². The number of halogens is 1. The van der Waals surface area contributed by atoms with E-state index in [0.29, 0.717) is 16.0 Å². The van der Waals surface area contributed by atoms with Gasteiger partial charge in [0.15, 0.2) is 5.78 Å². The summed E-state index contributed by atoms with van der Waals surface area (Å²) in [6, 6.07) is 9.82. The van der Waals surface area contributed by atoms with Crippen molar-refractivity contribution in [2.75, 3.05) is 13.2 Å². The van der Waals surface area contributed by atoms with E-state index in [2.05, 4.69) is 0 Å². The number of nitriles is 1. The average Bonchev–Trinajstić information content (AvgIpc) is 3.33. The lowest BCUT2D eigenvalue weighted by Crippen LogP contribution is -2.12. The van der Waals surface area contributed by atoms with Crippen molar-refractivity contribution < 1.29 is 28.2 Å². The molecule has 3 rings (SSSR count). The van der Waals surface area contributed by atoms with Crippen LogP contribution in [0.3, 0.4) is 0 Å². The molecule has 0 aliphatic rings. The number of allylic oxidation sites excluding steroid dienone is 1. The number of nitrogens with zero attached hydrogens (tertiary/aromatic N) is 2. The highest BCUT2D eigenvalue weighted by atomic mass is 32.1. The lowest BCUT2D eigenvalue weighted by atomic mass is 10.0. The lowest BCUT2D eigenvalue weighted by Gasteiger charge is -2.09. The van der Waals surface area contributed by atoms with Crippen molar-refractivity contribution in [2.24, 2.45) is 0 Å². The summed E-state index contributed by atoms with van der Waals surface area (Å²) in [5.41, 5.74) is 3.46. The van der Waals surface area contributed by atoms with Crippen LogP contribution in [0.25, 0.3) is 11.8 Å². The van der Waals surface area contributed by atoms with Crippen LogP contribution >= 0.6 is 11.3 Å². The van der Waals surface area contributed by atoms with Crippen LogP contribution in [0.1, 0.15) is 61.3 Å². The maximum atomic E-state index is 13.4. The molecule has 0 fully saturated rings. The number of esters is 2. The molecule has 0 saturated heterocycles. The molecule has 0 aliphatic carbocycles. The van der Waals surface area contributed by atoms with E-state index in [1.807, 2.05) is 30.6 Å². The van der Waals surface area contributed by atoms with Crippen LogP contribution in [-0.2, 0) is 20.7 Å². The van der Waals surface area contributed by atoms with E-state index in [0.717, 1.165) is 28.4 Å². The lowest BCUT2D eigenvalue weighted by molar-refractivity contribution is -0.114. The third-order valence-electron chi connectivity index (χ3n) is 5.76. The third kappa shape index (κ3) is 5.87. The SMILES string of the molecule is CCOC(=O)c1sc(CC(=O)/C(C#N)=C/c2cc(C)n(-c3ccc(F)cc3)c2C)c(C(=O)OCC)c1C. The Balaban J connectivity index is 1.98. The molecule has 0 atom stereocenters. The van der Waals surface area contributed by atoms with Gasteiger partial charge in [-0.25, -0.2) is 14.0 Å². The van der Waals surface area contributed by atoms with E-state index in [4.69, 9.17) is 9.47 Å². The molecule has 7 nitrogen and oxygen atoms in total. The zero-order chi connectivity index (χ0) is 27.3. The number of aryl methyl sites for hydroxylation is 1. The molecule has 0 N–H and O–H groups in total. The van der Waals surface area contributed by atoms with Gasteiger partial charge in [-0.1, -0.05) is 0 Å². The third-order valence-corrected chi connectivity index (χ3v) is 7.03. The topological polar surface area (TPSA) is 98.4 Å². The molecular formula is C28H27FN2O5S. The average molecular weight is 523 g/mol. The smallest absolute Gasteiger partial charge is 0.348 e. The number of hydrogen-bond acceptors (Lipinski definition) is 7. The summed E-state index contributed by atoms with van der Waals surface area (Å²) in [4.78, 5) is 38.8. The van der Waals surface area contributed by atoms with Crippen LogP contribution in [-0.4, -0.2) is 35.5 Å². The van der Waals surface area contributed by atoms with E-state index >= 15 is 0 Å². The van der Waals surface area contributed by atoms with E-state index in [1.54, 1.807) is 32.9 Å². The molecule has 0 amide bonds. The number of benzene rings is 1. The number of hydrogen-bond donors (Lipinski definition) is 0. The summed E-state index contributed by atoms with van der Waals surface area (Å²) < 4.78 is 25.5. The number of ether oxygens (including phenoxy) is 2. The van der Waals surface area contributed by atoms with E-state index < -0.39 is 17.7 Å². The van der Waals surface area contributed by atoms with Gasteiger partial charge in [0.05, 0.1) is 24.4 Å². The van der Waals surface area contributed by atoms with Crippen molar-refractivity contribution in [1.82, 2.24) is 4.57 Å². The minimum Gasteiger partial charge on any atom is -0.462 e. The van der Waals surface area contributed by atoms with Gasteiger partial charge in [0.2, 0.25) is 0 Å². The van der Waals surface area contributed by atoms with Gasteiger partial charge in [0.1, 0.15) is 16.8 Å². The quantitative estimate of drug-likeness (QED) is 0.204. The molecule has 2 aromatic heterocycles. The first-order valence-electron chi connectivity index (χ1n) is 11.7. The molecule has 2 heterocycles. The minimum absolute atomic E-state index is 0.0992. The Labute approximate surface area is 218 Å². The van der Waals surface area contributed by atoms with Gasteiger partial charge < -0.3 is 14.0 Å². The summed E-state index contributed by atoms with van der Waals surface area (Å²) in [5, 5.41) is 9.78. The Kier molecular flexibility index (Phi) is 8.79. The molecule has 192 valence electrons. The Morgan fingerprint density at radius 3 is 2.27 bits per heavy atom. The monoisotopic (exact) mass is 522 g/mol. The predicted octanol–water partition coefficient (Wildman–Crippen LogP) is 5.68. The van der Waals surface area contributed by atoms with Gasteiger partial charge in [-0.3, -0.25) is 4.79 Å². The fraction of sp³-hybridized carbons (Fsp3) is 0.286. The van der Waals surface area contributed by atoms with Crippen molar-refractivity contribution in [1.29, 1.82) is 5.26 Å². The number of carbonyl (C=O) groups is 3. The minimum atomic E-state index is -0.639. The van der Waals surface area contributed by atoms with Crippen LogP contribution in [0, 0.1) is 37.9 Å². The fourth-order valence-corrected chi connectivity index (χ4v) is 5.24. The number of rotatable bonds is 9. The largest absolute Gasteiger partial charge is 0.462 e. The number of aromatic nitrogens is 1. The first-order chi connectivity index (χ1) is 17.6. The van der Waals surface area contributed by atoms with E-state index in [-0.39, 0.29) is 41.5 Å². The zero-order valence-electron chi connectivity index (χ0n) is 21.3. The molecule has 1 aromatic carbocycles. The van der Waals surface area contributed by atoms with Gasteiger partial charge in [-0.2, -0.15) is 5.26 Å². The maximum absolute atomic E-state index is 13.4. The Morgan fingerprint density at radius 1 is 1.05 bits per heavy atom. The molecule has 0 bridgehead atoms. The standard InChI is InChI=1S/C28H27FN2O5S/c1-6-35-27(33)25-17(4)26(28(34)36-7-2)37-24(25)14-23(32)20(15-30)13-19-12-16(3)31(18(19)5)22-10-8-21(29)9-11-22/h8-13H,6-7,14H2,1-5H3/b20-13+. The molecule has 9 heteroatoms. The summed E-state index contributed by atoms with van der Waals surface area (Å²) in [6.45, 7) is 8.95. The second kappa shape index (κ2) is 11.8. The van der Waals surface area contributed by atoms with E-state index in [1.165, 1.54) is 18.2 Å². The van der Waals surface area contributed by atoms with Crippen LogP contribution in [0.15, 0.2) is 35.9 Å². The van der Waals surface area contributed by atoms with Crippen LogP contribution in [0.2, 0.25) is 0 Å². The highest BCUT2D eigenvalue weighted by Crippen LogP contribution is 2.31. The number of ketones is 1. The zero-order valence-corrected chi connectivity index (χ0v) is 22.1. The van der Waals surface area contributed by atoms with Crippen molar-refractivity contribution in [3.63, 3.8) is 0 Å². The molecule has 37 heavy (non-hydrogen) atoms. The molecular weight excluding hydrogens is 495 g/mol. The molecule has 3 aromatic rings. The van der Waals surface area contributed by atoms with Gasteiger partial charge in [0, 0.05) is 28.4 Å². The second-order valence-corrected chi connectivity index (χ2v) is 9.31. The first-order valence-corrected chi connectivity index (χ1v) is 12.5. The van der Waals surface area contributed by atoms with Gasteiger partial charge in [-0.05, 0) is 82.2 Å². The second-order valence-electron chi connectivity index (χ2n) is 8.20. The summed E-state index contributed by atoms with van der Waals surface area (Å²) >= 11 is 0.991. The predicted molar refractivity (Wildman–Crippen MR) is 138 cm³/mol.